The monoisotopic (exact) mass is 222 g/mol. The molecule has 1 aromatic heterocycles. The molecular formula is C11H18N4O. The molecule has 0 aromatic carbocycles. The van der Waals surface area contributed by atoms with Crippen molar-refractivity contribution in [1.82, 2.24) is 15.1 Å². The molecule has 0 radical (unpaired) electrons. The van der Waals surface area contributed by atoms with Crippen LogP contribution in [-0.2, 0) is 0 Å². The van der Waals surface area contributed by atoms with Gasteiger partial charge in [-0.3, -0.25) is 5.32 Å². The number of nitrogens with zero attached hydrogens (tertiary/aromatic N) is 2. The molecule has 1 rings (SSSR count). The van der Waals surface area contributed by atoms with Gasteiger partial charge in [-0.1, -0.05) is 13.3 Å². The Morgan fingerprint density at radius 2 is 2.31 bits per heavy atom. The predicted octanol–water partition coefficient (Wildman–Crippen LogP) is 1.66. The maximum absolute atomic E-state index is 11.7. The molecule has 0 spiro atoms. The highest BCUT2D eigenvalue weighted by Crippen LogP contribution is 2.04. The zero-order valence-electron chi connectivity index (χ0n) is 9.95. The van der Waals surface area contributed by atoms with E-state index in [1.165, 1.54) is 4.68 Å². The lowest BCUT2D eigenvalue weighted by Gasteiger charge is -2.06. The van der Waals surface area contributed by atoms with Gasteiger partial charge in [0.05, 0.1) is 6.20 Å². The third-order valence-corrected chi connectivity index (χ3v) is 2.35. The molecule has 0 bridgehead atoms. The molecule has 0 saturated carbocycles. The minimum absolute atomic E-state index is 0.324. The SMILES string of the molecule is CCC/C=C(\N)NC(=O)n1ncc(C)c1C. The largest absolute Gasteiger partial charge is 0.385 e. The summed E-state index contributed by atoms with van der Waals surface area (Å²) in [5, 5.41) is 6.56. The topological polar surface area (TPSA) is 72.9 Å². The van der Waals surface area contributed by atoms with E-state index < -0.39 is 0 Å². The van der Waals surface area contributed by atoms with Crippen molar-refractivity contribution in [2.75, 3.05) is 0 Å². The third-order valence-electron chi connectivity index (χ3n) is 2.35. The van der Waals surface area contributed by atoms with Crippen molar-refractivity contribution in [2.45, 2.75) is 33.6 Å². The fourth-order valence-corrected chi connectivity index (χ4v) is 1.22. The van der Waals surface area contributed by atoms with E-state index in [1.54, 1.807) is 12.3 Å². The number of carbonyl (C=O) groups excluding carboxylic acids is 1. The summed E-state index contributed by atoms with van der Waals surface area (Å²) in [4.78, 5) is 11.7. The molecule has 0 fully saturated rings. The Hall–Kier alpha value is -1.78. The Morgan fingerprint density at radius 1 is 1.62 bits per heavy atom. The van der Waals surface area contributed by atoms with Gasteiger partial charge in [0.2, 0.25) is 0 Å². The average molecular weight is 222 g/mol. The fourth-order valence-electron chi connectivity index (χ4n) is 1.22. The molecule has 0 saturated heterocycles. The second-order valence-electron chi connectivity index (χ2n) is 3.70. The number of unbranched alkanes of at least 4 members (excludes halogenated alkanes) is 1. The first kappa shape index (κ1) is 12.3. The zero-order chi connectivity index (χ0) is 12.1. The van der Waals surface area contributed by atoms with Crippen molar-refractivity contribution in [3.63, 3.8) is 0 Å². The molecule has 0 aliphatic carbocycles. The lowest BCUT2D eigenvalue weighted by Crippen LogP contribution is -2.32. The van der Waals surface area contributed by atoms with Crippen LogP contribution in [0.2, 0.25) is 0 Å². The number of allylic oxidation sites excluding steroid dienone is 1. The molecule has 1 amide bonds. The van der Waals surface area contributed by atoms with Crippen LogP contribution in [-0.4, -0.2) is 15.8 Å². The summed E-state index contributed by atoms with van der Waals surface area (Å²) in [6.07, 6.45) is 5.30. The van der Waals surface area contributed by atoms with Gasteiger partial charge in [-0.2, -0.15) is 9.78 Å². The number of carbonyl (C=O) groups is 1. The number of nitrogens with one attached hydrogen (secondary N) is 1. The quantitative estimate of drug-likeness (QED) is 0.816. The van der Waals surface area contributed by atoms with E-state index >= 15 is 0 Å². The molecule has 0 unspecified atom stereocenters. The van der Waals surface area contributed by atoms with Gasteiger partial charge in [0.15, 0.2) is 0 Å². The first-order valence-electron chi connectivity index (χ1n) is 5.34. The molecule has 5 nitrogen and oxygen atoms in total. The summed E-state index contributed by atoms with van der Waals surface area (Å²) in [6.45, 7) is 5.79. The van der Waals surface area contributed by atoms with Gasteiger partial charge in [-0.05, 0) is 31.9 Å². The fraction of sp³-hybridized carbons (Fsp3) is 0.455. The Bertz CT molecular complexity index is 406. The van der Waals surface area contributed by atoms with Gasteiger partial charge in [0.1, 0.15) is 5.82 Å². The average Bonchev–Trinajstić information content (AvgIpc) is 2.57. The van der Waals surface area contributed by atoms with Crippen molar-refractivity contribution in [2.24, 2.45) is 5.73 Å². The highest BCUT2D eigenvalue weighted by atomic mass is 16.2. The summed E-state index contributed by atoms with van der Waals surface area (Å²) >= 11 is 0. The van der Waals surface area contributed by atoms with Gasteiger partial charge < -0.3 is 5.73 Å². The minimum Gasteiger partial charge on any atom is -0.385 e. The first-order chi connectivity index (χ1) is 7.56. The Morgan fingerprint density at radius 3 is 2.81 bits per heavy atom. The normalized spacial score (nSPS) is 11.6. The van der Waals surface area contributed by atoms with E-state index in [1.807, 2.05) is 20.8 Å². The van der Waals surface area contributed by atoms with Crippen molar-refractivity contribution in [3.8, 4) is 0 Å². The van der Waals surface area contributed by atoms with Crippen LogP contribution in [0, 0.1) is 13.8 Å². The number of hydrogen-bond donors (Lipinski definition) is 2. The second-order valence-corrected chi connectivity index (χ2v) is 3.70. The highest BCUT2D eigenvalue weighted by Gasteiger charge is 2.10. The number of nitrogens with two attached hydrogens (primary N) is 1. The zero-order valence-corrected chi connectivity index (χ0v) is 9.95. The van der Waals surface area contributed by atoms with Crippen LogP contribution < -0.4 is 11.1 Å². The Kier molecular flexibility index (Phi) is 4.10. The van der Waals surface area contributed by atoms with Gasteiger partial charge >= 0.3 is 6.03 Å². The molecular weight excluding hydrogens is 204 g/mol. The maximum atomic E-state index is 11.7. The van der Waals surface area contributed by atoms with Crippen molar-refractivity contribution in [1.29, 1.82) is 0 Å². The molecule has 16 heavy (non-hydrogen) atoms. The van der Waals surface area contributed by atoms with Crippen LogP contribution in [0.15, 0.2) is 18.1 Å². The molecule has 0 aliphatic heterocycles. The van der Waals surface area contributed by atoms with Crippen LogP contribution in [0.5, 0.6) is 0 Å². The van der Waals surface area contributed by atoms with Crippen LogP contribution >= 0.6 is 0 Å². The van der Waals surface area contributed by atoms with E-state index in [4.69, 9.17) is 5.73 Å². The molecule has 3 N–H and O–H groups in total. The standard InChI is InChI=1S/C11H18N4O/c1-4-5-6-10(12)14-11(16)15-9(3)8(2)7-13-15/h6-7H,4-5,12H2,1-3H3,(H,14,16)/b10-6+. The van der Waals surface area contributed by atoms with Gasteiger partial charge in [-0.15, -0.1) is 0 Å². The van der Waals surface area contributed by atoms with E-state index in [9.17, 15) is 4.79 Å². The molecule has 88 valence electrons. The summed E-state index contributed by atoms with van der Waals surface area (Å²) < 4.78 is 1.31. The summed E-state index contributed by atoms with van der Waals surface area (Å²) in [7, 11) is 0. The van der Waals surface area contributed by atoms with Gasteiger partial charge in [-0.25, -0.2) is 4.79 Å². The van der Waals surface area contributed by atoms with Crippen LogP contribution in [0.1, 0.15) is 31.0 Å². The van der Waals surface area contributed by atoms with E-state index in [0.29, 0.717) is 5.82 Å². The molecule has 5 heteroatoms. The van der Waals surface area contributed by atoms with E-state index in [0.717, 1.165) is 24.1 Å². The number of aromatic nitrogens is 2. The van der Waals surface area contributed by atoms with Crippen LogP contribution in [0.4, 0.5) is 4.79 Å². The Balaban J connectivity index is 2.69. The van der Waals surface area contributed by atoms with Crippen LogP contribution in [0.25, 0.3) is 0 Å². The number of rotatable bonds is 3. The molecule has 0 aliphatic rings. The highest BCUT2D eigenvalue weighted by molar-refractivity contribution is 5.78. The number of amides is 1. The number of aryl methyl sites for hydroxylation is 1. The molecule has 1 heterocycles. The summed E-state index contributed by atoms with van der Waals surface area (Å²) in [6, 6.07) is -0.324. The molecule has 0 atom stereocenters. The van der Waals surface area contributed by atoms with E-state index in [2.05, 4.69) is 10.4 Å². The summed E-state index contributed by atoms with van der Waals surface area (Å²) in [5.41, 5.74) is 7.44. The minimum atomic E-state index is -0.324. The van der Waals surface area contributed by atoms with Crippen molar-refractivity contribution >= 4 is 6.03 Å². The lowest BCUT2D eigenvalue weighted by atomic mass is 10.3. The van der Waals surface area contributed by atoms with Crippen molar-refractivity contribution in [3.05, 3.63) is 29.4 Å². The first-order valence-corrected chi connectivity index (χ1v) is 5.34. The third kappa shape index (κ3) is 2.85. The maximum Gasteiger partial charge on any atom is 0.347 e. The van der Waals surface area contributed by atoms with Crippen molar-refractivity contribution < 1.29 is 4.79 Å². The Labute approximate surface area is 95.3 Å². The van der Waals surface area contributed by atoms with Gasteiger partial charge in [0.25, 0.3) is 0 Å². The second kappa shape index (κ2) is 5.34. The smallest absolute Gasteiger partial charge is 0.347 e. The lowest BCUT2D eigenvalue weighted by molar-refractivity contribution is 0.241. The summed E-state index contributed by atoms with van der Waals surface area (Å²) in [5.74, 6) is 0.374. The molecule has 1 aromatic rings. The number of hydrogen-bond acceptors (Lipinski definition) is 3. The van der Waals surface area contributed by atoms with Crippen LogP contribution in [0.3, 0.4) is 0 Å². The van der Waals surface area contributed by atoms with E-state index in [-0.39, 0.29) is 6.03 Å². The predicted molar refractivity (Wildman–Crippen MR) is 62.8 cm³/mol. The van der Waals surface area contributed by atoms with Gasteiger partial charge in [0, 0.05) is 5.69 Å².